The standard InChI is InChI=1S/C9H15NO/c1-3-5-6-8-9(11)10(8)7-4-2/h4,8H,2-3,5-7H2,1H3. The smallest absolute Gasteiger partial charge is 0.246 e. The molecule has 0 spiro atoms. The maximum absolute atomic E-state index is 11.0. The second kappa shape index (κ2) is 3.56. The molecule has 0 saturated carbocycles. The van der Waals surface area contributed by atoms with Crippen LogP contribution in [0.3, 0.4) is 0 Å². The van der Waals surface area contributed by atoms with Crippen molar-refractivity contribution in [1.29, 1.82) is 0 Å². The first-order valence-electron chi connectivity index (χ1n) is 4.22. The first-order valence-corrected chi connectivity index (χ1v) is 4.22. The largest absolute Gasteiger partial charge is 0.325 e. The third-order valence-electron chi connectivity index (χ3n) is 2.03. The number of hydrogen-bond acceptors (Lipinski definition) is 1. The lowest BCUT2D eigenvalue weighted by Crippen LogP contribution is -2.00. The Balaban J connectivity index is 2.19. The Morgan fingerprint density at radius 1 is 1.73 bits per heavy atom. The zero-order valence-electron chi connectivity index (χ0n) is 7.05. The molecule has 0 N–H and O–H groups in total. The van der Waals surface area contributed by atoms with Crippen molar-refractivity contribution in [2.45, 2.75) is 32.2 Å². The predicted molar refractivity (Wildman–Crippen MR) is 45.2 cm³/mol. The number of unbranched alkanes of at least 4 members (excludes halogenated alkanes) is 1. The number of hydrogen-bond donors (Lipinski definition) is 0. The average Bonchev–Trinajstić information content (AvgIpc) is 2.59. The van der Waals surface area contributed by atoms with Gasteiger partial charge in [-0.05, 0) is 6.42 Å². The highest BCUT2D eigenvalue weighted by molar-refractivity contribution is 5.96. The van der Waals surface area contributed by atoms with Crippen LogP contribution in [0.5, 0.6) is 0 Å². The molecular formula is C9H15NO. The highest BCUT2D eigenvalue weighted by atomic mass is 16.2. The molecule has 0 aliphatic carbocycles. The van der Waals surface area contributed by atoms with Crippen molar-refractivity contribution in [3.05, 3.63) is 12.7 Å². The van der Waals surface area contributed by atoms with Crippen LogP contribution < -0.4 is 0 Å². The van der Waals surface area contributed by atoms with E-state index in [1.165, 1.54) is 6.42 Å². The summed E-state index contributed by atoms with van der Waals surface area (Å²) in [4.78, 5) is 12.9. The molecule has 1 saturated heterocycles. The van der Waals surface area contributed by atoms with Gasteiger partial charge in [-0.15, -0.1) is 6.58 Å². The van der Waals surface area contributed by atoms with Crippen molar-refractivity contribution >= 4 is 5.91 Å². The molecular weight excluding hydrogens is 138 g/mol. The highest BCUT2D eigenvalue weighted by Crippen LogP contribution is 2.24. The summed E-state index contributed by atoms with van der Waals surface area (Å²) < 4.78 is 0. The number of carbonyl (C=O) groups is 1. The normalized spacial score (nSPS) is 22.1. The van der Waals surface area contributed by atoms with Gasteiger partial charge in [0, 0.05) is 6.54 Å². The number of rotatable bonds is 5. The van der Waals surface area contributed by atoms with E-state index < -0.39 is 0 Å². The minimum Gasteiger partial charge on any atom is -0.325 e. The minimum atomic E-state index is 0.230. The van der Waals surface area contributed by atoms with E-state index in [4.69, 9.17) is 0 Å². The van der Waals surface area contributed by atoms with E-state index >= 15 is 0 Å². The van der Waals surface area contributed by atoms with E-state index in [1.807, 2.05) is 4.90 Å². The zero-order valence-corrected chi connectivity index (χ0v) is 7.05. The monoisotopic (exact) mass is 153 g/mol. The summed E-state index contributed by atoms with van der Waals surface area (Å²) in [5, 5.41) is 0. The van der Waals surface area contributed by atoms with Crippen LogP contribution in [-0.4, -0.2) is 23.4 Å². The Morgan fingerprint density at radius 3 is 3.00 bits per heavy atom. The van der Waals surface area contributed by atoms with Gasteiger partial charge in [-0.3, -0.25) is 4.79 Å². The van der Waals surface area contributed by atoms with Crippen molar-refractivity contribution < 1.29 is 4.79 Å². The van der Waals surface area contributed by atoms with Gasteiger partial charge in [0.1, 0.15) is 6.04 Å². The van der Waals surface area contributed by atoms with Gasteiger partial charge >= 0.3 is 0 Å². The summed E-state index contributed by atoms with van der Waals surface area (Å²) in [6.45, 7) is 6.47. The molecule has 0 aromatic heterocycles. The molecule has 2 heteroatoms. The molecule has 0 aromatic rings. The van der Waals surface area contributed by atoms with E-state index in [0.717, 1.165) is 19.4 Å². The van der Waals surface area contributed by atoms with Crippen LogP contribution in [0.1, 0.15) is 26.2 Å². The Bertz CT molecular complexity index is 165. The first kappa shape index (κ1) is 8.31. The molecule has 0 bridgehead atoms. The lowest BCUT2D eigenvalue weighted by molar-refractivity contribution is -0.113. The number of amides is 1. The van der Waals surface area contributed by atoms with Crippen molar-refractivity contribution in [3.8, 4) is 0 Å². The van der Waals surface area contributed by atoms with Crippen molar-refractivity contribution in [1.82, 2.24) is 4.90 Å². The van der Waals surface area contributed by atoms with Gasteiger partial charge in [-0.2, -0.15) is 0 Å². The van der Waals surface area contributed by atoms with Gasteiger partial charge < -0.3 is 4.90 Å². The summed E-state index contributed by atoms with van der Waals surface area (Å²) in [6, 6.07) is 0.230. The van der Waals surface area contributed by atoms with Crippen LogP contribution >= 0.6 is 0 Å². The summed E-state index contributed by atoms with van der Waals surface area (Å²) in [6.07, 6.45) is 5.14. The highest BCUT2D eigenvalue weighted by Gasteiger charge is 2.43. The van der Waals surface area contributed by atoms with E-state index in [2.05, 4.69) is 13.5 Å². The molecule has 1 atom stereocenters. The van der Waals surface area contributed by atoms with E-state index in [9.17, 15) is 4.79 Å². The zero-order chi connectivity index (χ0) is 8.27. The van der Waals surface area contributed by atoms with Crippen LogP contribution in [0.4, 0.5) is 0 Å². The predicted octanol–water partition coefficient (Wildman–Crippen LogP) is 1.57. The van der Waals surface area contributed by atoms with Crippen molar-refractivity contribution in [2.24, 2.45) is 0 Å². The number of nitrogens with zero attached hydrogens (tertiary/aromatic N) is 1. The summed E-state index contributed by atoms with van der Waals surface area (Å²) in [5.74, 6) is 0.304. The third kappa shape index (κ3) is 1.82. The van der Waals surface area contributed by atoms with Gasteiger partial charge in [0.05, 0.1) is 0 Å². The Kier molecular flexibility index (Phi) is 2.69. The van der Waals surface area contributed by atoms with Gasteiger partial charge in [-0.25, -0.2) is 0 Å². The molecule has 1 aliphatic heterocycles. The number of carbonyl (C=O) groups excluding carboxylic acids is 1. The van der Waals surface area contributed by atoms with Gasteiger partial charge in [0.2, 0.25) is 5.91 Å². The molecule has 11 heavy (non-hydrogen) atoms. The minimum absolute atomic E-state index is 0.230. The summed E-state index contributed by atoms with van der Waals surface area (Å²) >= 11 is 0. The second-order valence-corrected chi connectivity index (χ2v) is 2.94. The molecule has 1 heterocycles. The van der Waals surface area contributed by atoms with Crippen LogP contribution in [-0.2, 0) is 4.79 Å². The average molecular weight is 153 g/mol. The fraction of sp³-hybridized carbons (Fsp3) is 0.667. The summed E-state index contributed by atoms with van der Waals surface area (Å²) in [5.41, 5.74) is 0. The molecule has 0 aromatic carbocycles. The molecule has 1 amide bonds. The fourth-order valence-electron chi connectivity index (χ4n) is 1.29. The Morgan fingerprint density at radius 2 is 2.45 bits per heavy atom. The topological polar surface area (TPSA) is 20.1 Å². The second-order valence-electron chi connectivity index (χ2n) is 2.94. The maximum Gasteiger partial charge on any atom is 0.246 e. The lowest BCUT2D eigenvalue weighted by atomic mass is 10.2. The van der Waals surface area contributed by atoms with Gasteiger partial charge in [0.25, 0.3) is 0 Å². The van der Waals surface area contributed by atoms with Crippen LogP contribution in [0, 0.1) is 0 Å². The molecule has 1 unspecified atom stereocenters. The third-order valence-corrected chi connectivity index (χ3v) is 2.03. The van der Waals surface area contributed by atoms with Crippen LogP contribution in [0.2, 0.25) is 0 Å². The maximum atomic E-state index is 11.0. The van der Waals surface area contributed by atoms with Gasteiger partial charge in [0.15, 0.2) is 0 Å². The van der Waals surface area contributed by atoms with Crippen molar-refractivity contribution in [3.63, 3.8) is 0 Å². The Labute approximate surface area is 67.9 Å². The van der Waals surface area contributed by atoms with E-state index in [-0.39, 0.29) is 6.04 Å². The molecule has 1 rings (SSSR count). The summed E-state index contributed by atoms with van der Waals surface area (Å²) in [7, 11) is 0. The molecule has 2 nitrogen and oxygen atoms in total. The first-order chi connectivity index (χ1) is 5.31. The van der Waals surface area contributed by atoms with Gasteiger partial charge in [-0.1, -0.05) is 25.8 Å². The molecule has 1 fully saturated rings. The van der Waals surface area contributed by atoms with Crippen LogP contribution in [0.15, 0.2) is 12.7 Å². The lowest BCUT2D eigenvalue weighted by Gasteiger charge is -1.95. The van der Waals surface area contributed by atoms with Crippen molar-refractivity contribution in [2.75, 3.05) is 6.54 Å². The molecule has 62 valence electrons. The Hall–Kier alpha value is -0.790. The quantitative estimate of drug-likeness (QED) is 0.433. The fourth-order valence-corrected chi connectivity index (χ4v) is 1.29. The SMILES string of the molecule is C=CCN1C(=O)C1CCCC. The van der Waals surface area contributed by atoms with Crippen LogP contribution in [0.25, 0.3) is 0 Å². The molecule has 0 radical (unpaired) electrons. The van der Waals surface area contributed by atoms with E-state index in [0.29, 0.717) is 5.91 Å². The molecule has 1 aliphatic rings. The van der Waals surface area contributed by atoms with E-state index in [1.54, 1.807) is 6.08 Å².